The zero-order valence-electron chi connectivity index (χ0n) is 15.8. The lowest BCUT2D eigenvalue weighted by Crippen LogP contribution is -2.47. The van der Waals surface area contributed by atoms with Crippen molar-refractivity contribution >= 4 is 11.6 Å². The summed E-state index contributed by atoms with van der Waals surface area (Å²) in [5, 5.41) is 6.32. The Morgan fingerprint density at radius 3 is 2.33 bits per heavy atom. The molecule has 0 spiro atoms. The number of ether oxygens (including phenoxy) is 3. The number of amides is 1. The van der Waals surface area contributed by atoms with Crippen molar-refractivity contribution in [2.45, 2.75) is 12.8 Å². The number of piperidine rings is 1. The maximum Gasteiger partial charge on any atom is 0.233 e. The molecule has 1 aliphatic rings. The van der Waals surface area contributed by atoms with Crippen LogP contribution in [0.1, 0.15) is 12.8 Å². The van der Waals surface area contributed by atoms with Gasteiger partial charge >= 0.3 is 0 Å². The number of para-hydroxylation sites is 2. The van der Waals surface area contributed by atoms with E-state index in [0.29, 0.717) is 23.9 Å². The molecule has 6 heteroatoms. The smallest absolute Gasteiger partial charge is 0.233 e. The number of methoxy groups -OCH3 is 2. The summed E-state index contributed by atoms with van der Waals surface area (Å²) < 4.78 is 16.5. The minimum atomic E-state index is -0.480. The normalized spacial score (nSPS) is 15.8. The molecule has 27 heavy (non-hydrogen) atoms. The fraction of sp³-hybridized carbons (Fsp3) is 0.381. The lowest BCUT2D eigenvalue weighted by Gasteiger charge is -2.35. The lowest BCUT2D eigenvalue weighted by atomic mass is 9.78. The third kappa shape index (κ3) is 4.59. The van der Waals surface area contributed by atoms with Crippen LogP contribution in [-0.4, -0.2) is 39.8 Å². The molecular formula is C21H26N2O4. The first-order chi connectivity index (χ1) is 13.2. The molecule has 1 saturated heterocycles. The summed E-state index contributed by atoms with van der Waals surface area (Å²) in [4.78, 5) is 12.9. The predicted octanol–water partition coefficient (Wildman–Crippen LogP) is 3.44. The van der Waals surface area contributed by atoms with Crippen LogP contribution in [0.5, 0.6) is 17.2 Å². The van der Waals surface area contributed by atoms with Gasteiger partial charge in [0, 0.05) is 12.8 Å². The van der Waals surface area contributed by atoms with Crippen molar-refractivity contribution in [1.29, 1.82) is 0 Å². The number of benzene rings is 2. The molecule has 2 N–H and O–H groups in total. The molecule has 6 nitrogen and oxygen atoms in total. The van der Waals surface area contributed by atoms with Gasteiger partial charge in [-0.3, -0.25) is 4.79 Å². The zero-order valence-corrected chi connectivity index (χ0v) is 15.8. The Kier molecular flexibility index (Phi) is 6.32. The molecule has 144 valence electrons. The second-order valence-corrected chi connectivity index (χ2v) is 6.69. The second kappa shape index (κ2) is 8.88. The van der Waals surface area contributed by atoms with Crippen LogP contribution in [0.25, 0.3) is 0 Å². The first-order valence-electron chi connectivity index (χ1n) is 9.09. The average Bonchev–Trinajstić information content (AvgIpc) is 2.71. The number of nitrogens with one attached hydrogen (secondary N) is 2. The Balaban J connectivity index is 1.67. The lowest BCUT2D eigenvalue weighted by molar-refractivity contribution is -0.130. The van der Waals surface area contributed by atoms with Gasteiger partial charge in [0.2, 0.25) is 5.91 Å². The summed E-state index contributed by atoms with van der Waals surface area (Å²) in [6, 6.07) is 14.8. The quantitative estimate of drug-likeness (QED) is 0.781. The van der Waals surface area contributed by atoms with E-state index in [4.69, 9.17) is 14.2 Å². The van der Waals surface area contributed by atoms with Gasteiger partial charge in [-0.05, 0) is 62.3 Å². The Bertz CT molecular complexity index is 750. The minimum Gasteiger partial charge on any atom is -0.493 e. The molecule has 3 rings (SSSR count). The molecule has 0 bridgehead atoms. The summed E-state index contributed by atoms with van der Waals surface area (Å²) in [6.45, 7) is 2.07. The van der Waals surface area contributed by atoms with Crippen LogP contribution in [0.4, 0.5) is 5.69 Å². The largest absolute Gasteiger partial charge is 0.493 e. The topological polar surface area (TPSA) is 68.8 Å². The second-order valence-electron chi connectivity index (χ2n) is 6.69. The Morgan fingerprint density at radius 1 is 1.04 bits per heavy atom. The summed E-state index contributed by atoms with van der Waals surface area (Å²) in [5.41, 5.74) is 0.258. The van der Waals surface area contributed by atoms with Crippen LogP contribution in [0, 0.1) is 5.41 Å². The first-order valence-corrected chi connectivity index (χ1v) is 9.09. The Labute approximate surface area is 159 Å². The van der Waals surface area contributed by atoms with Crippen molar-refractivity contribution in [3.8, 4) is 17.2 Å². The number of hydrogen-bond acceptors (Lipinski definition) is 5. The van der Waals surface area contributed by atoms with Crippen molar-refractivity contribution in [2.75, 3.05) is 39.2 Å². The molecule has 0 saturated carbocycles. The molecule has 1 aliphatic heterocycles. The maximum absolute atomic E-state index is 12.9. The average molecular weight is 370 g/mol. The van der Waals surface area contributed by atoms with Crippen LogP contribution < -0.4 is 20.1 Å². The molecule has 0 radical (unpaired) electrons. The van der Waals surface area contributed by atoms with Crippen molar-refractivity contribution in [3.63, 3.8) is 0 Å². The van der Waals surface area contributed by atoms with Gasteiger partial charge in [-0.1, -0.05) is 12.1 Å². The van der Waals surface area contributed by atoms with Gasteiger partial charge in [0.15, 0.2) is 11.5 Å². The highest BCUT2D eigenvalue weighted by Crippen LogP contribution is 2.33. The van der Waals surface area contributed by atoms with Crippen LogP contribution >= 0.6 is 0 Å². The fourth-order valence-electron chi connectivity index (χ4n) is 3.32. The summed E-state index contributed by atoms with van der Waals surface area (Å²) in [6.07, 6.45) is 1.53. The van der Waals surface area contributed by atoms with E-state index in [1.807, 2.05) is 48.5 Å². The van der Waals surface area contributed by atoms with E-state index in [9.17, 15) is 4.79 Å². The van der Waals surface area contributed by atoms with Gasteiger partial charge in [-0.25, -0.2) is 0 Å². The number of hydrogen-bond donors (Lipinski definition) is 2. The number of carbonyl (C=O) groups is 1. The van der Waals surface area contributed by atoms with Gasteiger partial charge < -0.3 is 24.8 Å². The maximum atomic E-state index is 12.9. The van der Waals surface area contributed by atoms with Gasteiger partial charge in [-0.15, -0.1) is 0 Å². The van der Waals surface area contributed by atoms with E-state index in [2.05, 4.69) is 10.6 Å². The van der Waals surface area contributed by atoms with E-state index < -0.39 is 5.41 Å². The summed E-state index contributed by atoms with van der Waals surface area (Å²) in [7, 11) is 3.25. The highest BCUT2D eigenvalue weighted by Gasteiger charge is 2.39. The number of rotatable bonds is 7. The summed E-state index contributed by atoms with van der Waals surface area (Å²) >= 11 is 0. The van der Waals surface area contributed by atoms with E-state index in [-0.39, 0.29) is 5.91 Å². The Morgan fingerprint density at radius 2 is 1.70 bits per heavy atom. The van der Waals surface area contributed by atoms with Gasteiger partial charge in [0.1, 0.15) is 5.75 Å². The zero-order chi connectivity index (χ0) is 19.1. The molecule has 1 amide bonds. The molecule has 1 heterocycles. The Hall–Kier alpha value is -2.57. The van der Waals surface area contributed by atoms with E-state index in [0.717, 1.165) is 31.6 Å². The molecule has 0 unspecified atom stereocenters. The third-order valence-electron chi connectivity index (χ3n) is 4.87. The molecule has 2 aromatic carbocycles. The number of anilines is 1. The standard InChI is InChI=1S/C21H26N2O4/c1-25-15-21(11-13-22-14-12-21)20(24)23-16-7-9-17(10-8-16)27-19-6-4-3-5-18(19)26-2/h3-10,22H,11-15H2,1-2H3,(H,23,24). The van der Waals surface area contributed by atoms with Crippen LogP contribution in [0.3, 0.4) is 0 Å². The van der Waals surface area contributed by atoms with Crippen molar-refractivity contribution in [1.82, 2.24) is 5.32 Å². The predicted molar refractivity (Wildman–Crippen MR) is 105 cm³/mol. The van der Waals surface area contributed by atoms with E-state index >= 15 is 0 Å². The molecule has 2 aromatic rings. The van der Waals surface area contributed by atoms with Gasteiger partial charge in [-0.2, -0.15) is 0 Å². The fourth-order valence-corrected chi connectivity index (χ4v) is 3.32. The monoisotopic (exact) mass is 370 g/mol. The number of carbonyl (C=O) groups excluding carboxylic acids is 1. The molecule has 0 atom stereocenters. The van der Waals surface area contributed by atoms with Gasteiger partial charge in [0.05, 0.1) is 19.1 Å². The molecular weight excluding hydrogens is 344 g/mol. The molecule has 0 aromatic heterocycles. The highest BCUT2D eigenvalue weighted by molar-refractivity contribution is 5.95. The van der Waals surface area contributed by atoms with Crippen molar-refractivity contribution in [2.24, 2.45) is 5.41 Å². The minimum absolute atomic E-state index is 0.00393. The van der Waals surface area contributed by atoms with Gasteiger partial charge in [0.25, 0.3) is 0 Å². The molecule has 1 fully saturated rings. The molecule has 0 aliphatic carbocycles. The van der Waals surface area contributed by atoms with Crippen LogP contribution in [-0.2, 0) is 9.53 Å². The van der Waals surface area contributed by atoms with E-state index in [1.54, 1.807) is 14.2 Å². The SMILES string of the molecule is COCC1(C(=O)Nc2ccc(Oc3ccccc3OC)cc2)CCNCC1. The summed E-state index contributed by atoms with van der Waals surface area (Å²) in [5.74, 6) is 1.99. The van der Waals surface area contributed by atoms with Crippen molar-refractivity contribution in [3.05, 3.63) is 48.5 Å². The highest BCUT2D eigenvalue weighted by atomic mass is 16.5. The van der Waals surface area contributed by atoms with Crippen LogP contribution in [0.2, 0.25) is 0 Å². The van der Waals surface area contributed by atoms with E-state index in [1.165, 1.54) is 0 Å². The van der Waals surface area contributed by atoms with Crippen molar-refractivity contribution < 1.29 is 19.0 Å². The third-order valence-corrected chi connectivity index (χ3v) is 4.87. The first kappa shape index (κ1) is 19.2. The van der Waals surface area contributed by atoms with Crippen LogP contribution in [0.15, 0.2) is 48.5 Å².